The van der Waals surface area contributed by atoms with Crippen LogP contribution in [-0.4, -0.2) is 27.1 Å². The van der Waals surface area contributed by atoms with Crippen LogP contribution in [-0.2, 0) is 0 Å². The number of phenolic OH excluding ortho intramolecular Hbond substituents is 2. The lowest BCUT2D eigenvalue weighted by Gasteiger charge is -2.08. The van der Waals surface area contributed by atoms with Crippen LogP contribution in [0.3, 0.4) is 0 Å². The van der Waals surface area contributed by atoms with Crippen molar-refractivity contribution in [2.75, 3.05) is 0 Å². The van der Waals surface area contributed by atoms with Crippen LogP contribution in [0.5, 0.6) is 23.0 Å². The van der Waals surface area contributed by atoms with Gasteiger partial charge in [-0.1, -0.05) is 0 Å². The van der Waals surface area contributed by atoms with E-state index in [1.807, 2.05) is 0 Å². The van der Waals surface area contributed by atoms with Gasteiger partial charge in [0.15, 0.2) is 0 Å². The van der Waals surface area contributed by atoms with Gasteiger partial charge in [0.25, 0.3) is 0 Å². The van der Waals surface area contributed by atoms with Crippen LogP contribution in [0.2, 0.25) is 0 Å². The van der Waals surface area contributed by atoms with Gasteiger partial charge < -0.3 is 19.7 Å². The number of nitro groups is 1. The smallest absolute Gasteiger partial charge is 0.343 e. The number of rotatable bonds is 5. The molecule has 146 valence electrons. The van der Waals surface area contributed by atoms with Crippen LogP contribution >= 0.6 is 0 Å². The van der Waals surface area contributed by atoms with Crippen LogP contribution in [0.4, 0.5) is 5.69 Å². The van der Waals surface area contributed by atoms with E-state index >= 15 is 0 Å². The third-order valence-electron chi connectivity index (χ3n) is 3.75. The van der Waals surface area contributed by atoms with Gasteiger partial charge in [-0.25, -0.2) is 9.59 Å². The highest BCUT2D eigenvalue weighted by atomic mass is 16.6. The van der Waals surface area contributed by atoms with Gasteiger partial charge in [-0.3, -0.25) is 10.1 Å². The first kappa shape index (κ1) is 19.4. The number of esters is 2. The van der Waals surface area contributed by atoms with Gasteiger partial charge in [-0.2, -0.15) is 0 Å². The molecule has 0 amide bonds. The van der Waals surface area contributed by atoms with Crippen molar-refractivity contribution in [3.8, 4) is 23.0 Å². The molecule has 3 aromatic carbocycles. The maximum absolute atomic E-state index is 12.1. The van der Waals surface area contributed by atoms with Gasteiger partial charge in [0.05, 0.1) is 22.1 Å². The molecule has 0 fully saturated rings. The summed E-state index contributed by atoms with van der Waals surface area (Å²) in [7, 11) is 0. The Labute approximate surface area is 163 Å². The largest absolute Gasteiger partial charge is 0.508 e. The van der Waals surface area contributed by atoms with Gasteiger partial charge in [0.1, 0.15) is 17.2 Å². The van der Waals surface area contributed by atoms with Gasteiger partial charge in [0.2, 0.25) is 5.75 Å². The molecule has 2 N–H and O–H groups in total. The maximum atomic E-state index is 12.1. The molecule has 0 aliphatic heterocycles. The summed E-state index contributed by atoms with van der Waals surface area (Å²) in [6.45, 7) is 0. The first-order chi connectivity index (χ1) is 13.8. The van der Waals surface area contributed by atoms with E-state index < -0.39 is 22.5 Å². The highest BCUT2D eigenvalue weighted by Gasteiger charge is 2.21. The van der Waals surface area contributed by atoms with Crippen molar-refractivity contribution in [2.24, 2.45) is 0 Å². The topological polar surface area (TPSA) is 136 Å². The first-order valence-corrected chi connectivity index (χ1v) is 8.14. The molecule has 3 rings (SSSR count). The third-order valence-corrected chi connectivity index (χ3v) is 3.75. The zero-order valence-corrected chi connectivity index (χ0v) is 14.6. The van der Waals surface area contributed by atoms with Crippen LogP contribution in [0, 0.1) is 10.1 Å². The van der Waals surface area contributed by atoms with Gasteiger partial charge in [-0.15, -0.1) is 0 Å². The van der Waals surface area contributed by atoms with Gasteiger partial charge >= 0.3 is 17.6 Å². The van der Waals surface area contributed by atoms with Crippen molar-refractivity contribution in [3.63, 3.8) is 0 Å². The van der Waals surface area contributed by atoms with E-state index in [1.165, 1.54) is 54.6 Å². The Hall–Kier alpha value is -4.40. The monoisotopic (exact) mass is 395 g/mol. The standard InChI is InChI=1S/C20H13NO8/c22-14-5-1-12(2-6-14)19(24)28-16-9-10-18(17(11-16)21(26)27)29-20(25)13-3-7-15(23)8-4-13/h1-11,22-23H. The fourth-order valence-electron chi connectivity index (χ4n) is 2.31. The lowest BCUT2D eigenvalue weighted by Crippen LogP contribution is -2.11. The van der Waals surface area contributed by atoms with E-state index in [9.17, 15) is 29.9 Å². The minimum atomic E-state index is -0.859. The lowest BCUT2D eigenvalue weighted by molar-refractivity contribution is -0.385. The molecule has 3 aromatic rings. The Kier molecular flexibility index (Phi) is 5.40. The van der Waals surface area contributed by atoms with Gasteiger partial charge in [-0.05, 0) is 60.7 Å². The summed E-state index contributed by atoms with van der Waals surface area (Å²) in [5.41, 5.74) is -0.360. The second-order valence-electron chi connectivity index (χ2n) is 5.76. The summed E-state index contributed by atoms with van der Waals surface area (Å²) in [5, 5.41) is 29.8. The fraction of sp³-hybridized carbons (Fsp3) is 0. The SMILES string of the molecule is O=C(Oc1ccc(OC(=O)c2ccc(O)cc2)c([N+](=O)[O-])c1)c1ccc(O)cc1. The molecule has 0 bridgehead atoms. The Morgan fingerprint density at radius 3 is 1.72 bits per heavy atom. The van der Waals surface area contributed by atoms with E-state index in [1.54, 1.807) is 0 Å². The Morgan fingerprint density at radius 1 is 0.759 bits per heavy atom. The normalized spacial score (nSPS) is 10.2. The zero-order valence-electron chi connectivity index (χ0n) is 14.6. The average Bonchev–Trinajstić information content (AvgIpc) is 2.69. The van der Waals surface area contributed by atoms with E-state index in [0.717, 1.165) is 12.1 Å². The number of hydrogen-bond acceptors (Lipinski definition) is 8. The molecule has 0 aliphatic carbocycles. The molecule has 0 saturated heterocycles. The van der Waals surface area contributed by atoms with Crippen LogP contribution in [0.1, 0.15) is 20.7 Å². The summed E-state index contributed by atoms with van der Waals surface area (Å²) in [6, 6.07) is 13.7. The highest BCUT2D eigenvalue weighted by Crippen LogP contribution is 2.32. The van der Waals surface area contributed by atoms with E-state index in [4.69, 9.17) is 9.47 Å². The molecule has 0 heterocycles. The molecule has 0 unspecified atom stereocenters. The quantitative estimate of drug-likeness (QED) is 0.290. The number of nitro benzene ring substituents is 1. The molecular formula is C20H13NO8. The molecule has 0 atom stereocenters. The molecule has 29 heavy (non-hydrogen) atoms. The van der Waals surface area contributed by atoms with Crippen LogP contribution in [0.15, 0.2) is 66.7 Å². The minimum absolute atomic E-state index is 0.0306. The van der Waals surface area contributed by atoms with Crippen molar-refractivity contribution in [3.05, 3.63) is 88.0 Å². The lowest BCUT2D eigenvalue weighted by atomic mass is 10.2. The summed E-state index contributed by atoms with van der Waals surface area (Å²) in [5.74, 6) is -2.18. The summed E-state index contributed by atoms with van der Waals surface area (Å²) in [4.78, 5) is 34.8. The van der Waals surface area contributed by atoms with Crippen molar-refractivity contribution in [2.45, 2.75) is 0 Å². The van der Waals surface area contributed by atoms with Gasteiger partial charge in [0, 0.05) is 0 Å². The number of nitrogens with zero attached hydrogens (tertiary/aromatic N) is 1. The average molecular weight is 395 g/mol. The Morgan fingerprint density at radius 2 is 1.24 bits per heavy atom. The molecule has 0 saturated carbocycles. The number of carbonyl (C=O) groups excluding carboxylic acids is 2. The van der Waals surface area contributed by atoms with Crippen molar-refractivity contribution in [1.82, 2.24) is 0 Å². The van der Waals surface area contributed by atoms with Crippen LogP contribution in [0.25, 0.3) is 0 Å². The summed E-state index contributed by atoms with van der Waals surface area (Å²) < 4.78 is 10.2. The number of phenols is 2. The summed E-state index contributed by atoms with van der Waals surface area (Å²) >= 11 is 0. The predicted octanol–water partition coefficient (Wildman–Crippen LogP) is 3.44. The predicted molar refractivity (Wildman–Crippen MR) is 99.2 cm³/mol. The molecule has 0 spiro atoms. The van der Waals surface area contributed by atoms with Crippen LogP contribution < -0.4 is 9.47 Å². The van der Waals surface area contributed by atoms with E-state index in [0.29, 0.717) is 0 Å². The molecule has 0 aromatic heterocycles. The molecule has 9 heteroatoms. The first-order valence-electron chi connectivity index (χ1n) is 8.14. The van der Waals surface area contributed by atoms with Crippen molar-refractivity contribution in [1.29, 1.82) is 0 Å². The summed E-state index contributed by atoms with van der Waals surface area (Å²) in [6.07, 6.45) is 0. The van der Waals surface area contributed by atoms with E-state index in [2.05, 4.69) is 0 Å². The van der Waals surface area contributed by atoms with Crippen molar-refractivity contribution < 1.29 is 34.2 Å². The fourth-order valence-corrected chi connectivity index (χ4v) is 2.31. The highest BCUT2D eigenvalue weighted by molar-refractivity contribution is 5.92. The zero-order chi connectivity index (χ0) is 21.0. The molecule has 0 aliphatic rings. The second-order valence-corrected chi connectivity index (χ2v) is 5.76. The molecular weight excluding hydrogens is 382 g/mol. The second kappa shape index (κ2) is 8.09. The Balaban J connectivity index is 1.80. The number of ether oxygens (including phenoxy) is 2. The third kappa shape index (κ3) is 4.66. The number of aromatic hydroxyl groups is 2. The number of benzene rings is 3. The maximum Gasteiger partial charge on any atom is 0.343 e. The Bertz CT molecular complexity index is 1070. The van der Waals surface area contributed by atoms with Crippen molar-refractivity contribution >= 4 is 17.6 Å². The molecule has 0 radical (unpaired) electrons. The minimum Gasteiger partial charge on any atom is -0.508 e. The molecule has 9 nitrogen and oxygen atoms in total. The van der Waals surface area contributed by atoms with E-state index in [-0.39, 0.29) is 34.1 Å². The number of hydrogen-bond donors (Lipinski definition) is 2. The number of carbonyl (C=O) groups is 2.